The number of benzene rings is 3. The molecule has 1 heterocycles. The Bertz CT molecular complexity index is 1150. The van der Waals surface area contributed by atoms with Crippen molar-refractivity contribution in [3.63, 3.8) is 0 Å². The summed E-state index contributed by atoms with van der Waals surface area (Å²) in [5.74, 6) is -0.208. The van der Waals surface area contributed by atoms with E-state index in [1.54, 1.807) is 11.3 Å². The van der Waals surface area contributed by atoms with Crippen molar-refractivity contribution in [2.45, 2.75) is 6.92 Å². The fourth-order valence-corrected chi connectivity index (χ4v) is 4.07. The van der Waals surface area contributed by atoms with Crippen molar-refractivity contribution in [2.75, 3.05) is 0 Å². The van der Waals surface area contributed by atoms with Gasteiger partial charge in [-0.3, -0.25) is 4.79 Å². The second-order valence-corrected chi connectivity index (χ2v) is 6.85. The number of hydrogen-bond acceptors (Lipinski definition) is 2. The van der Waals surface area contributed by atoms with Gasteiger partial charge in [-0.2, -0.15) is 4.99 Å². The summed E-state index contributed by atoms with van der Waals surface area (Å²) >= 11 is 1.54. The van der Waals surface area contributed by atoms with E-state index in [0.29, 0.717) is 5.56 Å². The summed E-state index contributed by atoms with van der Waals surface area (Å²) in [6, 6.07) is 19.9. The van der Waals surface area contributed by atoms with E-state index in [-0.39, 0.29) is 5.91 Å². The third-order valence-corrected chi connectivity index (χ3v) is 5.31. The predicted molar refractivity (Wildman–Crippen MR) is 99.4 cm³/mol. The van der Waals surface area contributed by atoms with Crippen LogP contribution in [0.1, 0.15) is 15.9 Å². The second-order valence-electron chi connectivity index (χ2n) is 5.84. The molecule has 0 saturated heterocycles. The molecule has 24 heavy (non-hydrogen) atoms. The minimum atomic E-state index is -0.208. The van der Waals surface area contributed by atoms with E-state index in [1.165, 1.54) is 5.56 Å². The van der Waals surface area contributed by atoms with Crippen LogP contribution >= 0.6 is 11.3 Å². The number of rotatable bonds is 1. The molecular formula is C20H16N2OS. The first-order valence-corrected chi connectivity index (χ1v) is 8.58. The van der Waals surface area contributed by atoms with Crippen LogP contribution in [-0.2, 0) is 7.05 Å². The molecule has 0 fully saturated rings. The fraction of sp³-hybridized carbons (Fsp3) is 0.100. The number of nitrogens with zero attached hydrogens (tertiary/aromatic N) is 2. The number of para-hydroxylation sites is 1. The molecule has 1 amide bonds. The number of amides is 1. The molecule has 0 aliphatic carbocycles. The van der Waals surface area contributed by atoms with Gasteiger partial charge in [-0.15, -0.1) is 0 Å². The fourth-order valence-electron chi connectivity index (χ4n) is 2.98. The standard InChI is InChI=1S/C20H16N2OS/c1-13-6-5-9-17-18(13)22(2)20(24-17)21-19(23)16-11-10-14-7-3-4-8-15(14)12-16/h3-12H,1-2H3. The highest BCUT2D eigenvalue weighted by Crippen LogP contribution is 2.20. The van der Waals surface area contributed by atoms with E-state index in [9.17, 15) is 4.79 Å². The van der Waals surface area contributed by atoms with Crippen molar-refractivity contribution in [3.8, 4) is 0 Å². The van der Waals surface area contributed by atoms with Crippen molar-refractivity contribution in [1.29, 1.82) is 0 Å². The highest BCUT2D eigenvalue weighted by Gasteiger charge is 2.09. The number of fused-ring (bicyclic) bond motifs is 2. The van der Waals surface area contributed by atoms with E-state index < -0.39 is 0 Å². The van der Waals surface area contributed by atoms with E-state index in [4.69, 9.17) is 0 Å². The number of thiazole rings is 1. The molecule has 1 aromatic heterocycles. The zero-order chi connectivity index (χ0) is 16.7. The van der Waals surface area contributed by atoms with Crippen LogP contribution in [0.5, 0.6) is 0 Å². The minimum absolute atomic E-state index is 0.208. The van der Waals surface area contributed by atoms with E-state index >= 15 is 0 Å². The Labute approximate surface area is 143 Å². The Morgan fingerprint density at radius 1 is 1.00 bits per heavy atom. The van der Waals surface area contributed by atoms with Gasteiger partial charge in [0.15, 0.2) is 4.80 Å². The zero-order valence-electron chi connectivity index (χ0n) is 13.5. The lowest BCUT2D eigenvalue weighted by atomic mass is 10.1. The summed E-state index contributed by atoms with van der Waals surface area (Å²) in [4.78, 5) is 17.7. The van der Waals surface area contributed by atoms with Crippen LogP contribution in [0.15, 0.2) is 65.7 Å². The van der Waals surface area contributed by atoms with Gasteiger partial charge in [0.25, 0.3) is 5.91 Å². The molecule has 0 radical (unpaired) electrons. The molecule has 0 aliphatic rings. The molecule has 0 aliphatic heterocycles. The van der Waals surface area contributed by atoms with Crippen molar-refractivity contribution in [2.24, 2.45) is 12.0 Å². The van der Waals surface area contributed by atoms with Crippen molar-refractivity contribution >= 4 is 38.2 Å². The van der Waals surface area contributed by atoms with Crippen molar-refractivity contribution < 1.29 is 4.79 Å². The molecule has 3 aromatic carbocycles. The Kier molecular flexibility index (Phi) is 3.54. The van der Waals surface area contributed by atoms with Gasteiger partial charge in [0.1, 0.15) is 0 Å². The molecule has 4 aromatic rings. The number of carbonyl (C=O) groups excluding carboxylic acids is 1. The average Bonchev–Trinajstić information content (AvgIpc) is 2.91. The summed E-state index contributed by atoms with van der Waals surface area (Å²) in [6.07, 6.45) is 0. The third-order valence-electron chi connectivity index (χ3n) is 4.22. The highest BCUT2D eigenvalue weighted by molar-refractivity contribution is 7.16. The molecule has 0 saturated carbocycles. The highest BCUT2D eigenvalue weighted by atomic mass is 32.1. The van der Waals surface area contributed by atoms with Gasteiger partial charge in [0.05, 0.1) is 10.2 Å². The molecule has 0 unspecified atom stereocenters. The molecule has 0 bridgehead atoms. The zero-order valence-corrected chi connectivity index (χ0v) is 14.3. The SMILES string of the molecule is Cc1cccc2sc(=NC(=O)c3ccc4ccccc4c3)n(C)c12. The first-order valence-electron chi connectivity index (χ1n) is 7.76. The number of carbonyl (C=O) groups is 1. The molecular weight excluding hydrogens is 316 g/mol. The van der Waals surface area contributed by atoms with Crippen molar-refractivity contribution in [1.82, 2.24) is 4.57 Å². The first kappa shape index (κ1) is 14.8. The molecule has 4 rings (SSSR count). The summed E-state index contributed by atoms with van der Waals surface area (Å²) in [5.41, 5.74) is 2.93. The van der Waals surface area contributed by atoms with Crippen LogP contribution in [0.2, 0.25) is 0 Å². The van der Waals surface area contributed by atoms with E-state index in [2.05, 4.69) is 24.0 Å². The Balaban J connectivity index is 1.83. The summed E-state index contributed by atoms with van der Waals surface area (Å²) in [6.45, 7) is 2.07. The maximum atomic E-state index is 12.6. The molecule has 3 nitrogen and oxygen atoms in total. The van der Waals surface area contributed by atoms with Crippen molar-refractivity contribution in [3.05, 3.63) is 76.6 Å². The molecule has 4 heteroatoms. The first-order chi connectivity index (χ1) is 11.6. The van der Waals surface area contributed by atoms with Crippen LogP contribution < -0.4 is 4.80 Å². The van der Waals surface area contributed by atoms with Gasteiger partial charge in [0, 0.05) is 12.6 Å². The summed E-state index contributed by atoms with van der Waals surface area (Å²) in [5, 5.41) is 2.17. The molecule has 0 atom stereocenters. The normalized spacial score (nSPS) is 12.2. The molecule has 0 N–H and O–H groups in total. The molecule has 0 spiro atoms. The molecule has 118 valence electrons. The van der Waals surface area contributed by atoms with Crippen LogP contribution in [-0.4, -0.2) is 10.5 Å². The van der Waals surface area contributed by atoms with Crippen LogP contribution in [0.3, 0.4) is 0 Å². The quantitative estimate of drug-likeness (QED) is 0.507. The monoisotopic (exact) mass is 332 g/mol. The summed E-state index contributed by atoms with van der Waals surface area (Å²) < 4.78 is 3.14. The van der Waals surface area contributed by atoms with Gasteiger partial charge < -0.3 is 4.57 Å². The topological polar surface area (TPSA) is 34.4 Å². The van der Waals surface area contributed by atoms with Crippen LogP contribution in [0.4, 0.5) is 0 Å². The maximum absolute atomic E-state index is 12.6. The lowest BCUT2D eigenvalue weighted by Crippen LogP contribution is -2.13. The van der Waals surface area contributed by atoms with E-state index in [0.717, 1.165) is 25.8 Å². The van der Waals surface area contributed by atoms with Crippen LogP contribution in [0.25, 0.3) is 21.0 Å². The Hall–Kier alpha value is -2.72. The number of aryl methyl sites for hydroxylation is 2. The lowest BCUT2D eigenvalue weighted by Gasteiger charge is -2.00. The van der Waals surface area contributed by atoms with Gasteiger partial charge in [-0.05, 0) is 41.5 Å². The maximum Gasteiger partial charge on any atom is 0.279 e. The van der Waals surface area contributed by atoms with Gasteiger partial charge in [-0.1, -0.05) is 53.8 Å². The third kappa shape index (κ3) is 2.45. The number of aromatic nitrogens is 1. The predicted octanol–water partition coefficient (Wildman–Crippen LogP) is 4.44. The Morgan fingerprint density at radius 2 is 1.79 bits per heavy atom. The van der Waals surface area contributed by atoms with Gasteiger partial charge in [0.2, 0.25) is 0 Å². The van der Waals surface area contributed by atoms with Gasteiger partial charge in [-0.25, -0.2) is 0 Å². The Morgan fingerprint density at radius 3 is 2.58 bits per heavy atom. The van der Waals surface area contributed by atoms with E-state index in [1.807, 2.05) is 60.1 Å². The largest absolute Gasteiger partial charge is 0.319 e. The van der Waals surface area contributed by atoms with Crippen LogP contribution in [0, 0.1) is 6.92 Å². The smallest absolute Gasteiger partial charge is 0.279 e. The van der Waals surface area contributed by atoms with Gasteiger partial charge >= 0.3 is 0 Å². The second kappa shape index (κ2) is 5.73. The average molecular weight is 332 g/mol. The lowest BCUT2D eigenvalue weighted by molar-refractivity contribution is 0.0998. The summed E-state index contributed by atoms with van der Waals surface area (Å²) in [7, 11) is 1.96. The number of hydrogen-bond donors (Lipinski definition) is 0. The minimum Gasteiger partial charge on any atom is -0.319 e.